The molecule has 0 amide bonds. The Hall–Kier alpha value is -2.38. The number of ether oxygens (including phenoxy) is 1. The van der Waals surface area contributed by atoms with Crippen molar-refractivity contribution >= 4 is 5.95 Å². The molecule has 4 aliphatic rings. The molecule has 0 saturated carbocycles. The Morgan fingerprint density at radius 3 is 2.64 bits per heavy atom. The number of aromatic nitrogens is 2. The predicted molar refractivity (Wildman–Crippen MR) is 85.3 cm³/mol. The van der Waals surface area contributed by atoms with Gasteiger partial charge in [0.2, 0.25) is 5.95 Å². The first-order valence-electron chi connectivity index (χ1n) is 7.64. The summed E-state index contributed by atoms with van der Waals surface area (Å²) in [4.78, 5) is 8.39. The number of rotatable bonds is 2. The van der Waals surface area contributed by atoms with E-state index in [0.717, 1.165) is 12.8 Å². The molecule has 22 heavy (non-hydrogen) atoms. The highest BCUT2D eigenvalue weighted by Gasteiger charge is 2.40. The topological polar surface area (TPSA) is 47.0 Å². The lowest BCUT2D eigenvalue weighted by Gasteiger charge is -2.19. The second-order valence-corrected chi connectivity index (χ2v) is 5.85. The summed E-state index contributed by atoms with van der Waals surface area (Å²) in [7, 11) is 0. The van der Waals surface area contributed by atoms with Gasteiger partial charge in [-0.25, -0.2) is 9.97 Å². The summed E-state index contributed by atoms with van der Waals surface area (Å²) in [5, 5.41) is 3.30. The molecular weight excluding hydrogens is 274 g/mol. The van der Waals surface area contributed by atoms with Gasteiger partial charge in [0.05, 0.1) is 18.2 Å². The van der Waals surface area contributed by atoms with Gasteiger partial charge in [-0.3, -0.25) is 0 Å². The minimum atomic E-state index is 0.322. The van der Waals surface area contributed by atoms with E-state index in [0.29, 0.717) is 29.9 Å². The van der Waals surface area contributed by atoms with Crippen molar-refractivity contribution in [3.05, 3.63) is 42.2 Å². The fourth-order valence-electron chi connectivity index (χ4n) is 3.14. The van der Waals surface area contributed by atoms with Gasteiger partial charge in [0, 0.05) is 6.20 Å². The average molecular weight is 291 g/mol. The number of anilines is 1. The number of nitrogens with one attached hydrogen (secondary N) is 1. The molecule has 4 heteroatoms. The second kappa shape index (κ2) is 5.43. The third-order valence-corrected chi connectivity index (χ3v) is 4.34. The standard InChI is InChI=1S/C12H13N3O.C6H4/c1-2-8-5-6-13-12(14-8)15-10-7-9-3-4-11(10)16-9;1-2-5-4-6(5)3-1/h1,5-6,9-11H,3-4,7H2,(H,13,14,15);1-4H. The van der Waals surface area contributed by atoms with Crippen LogP contribution in [0.2, 0.25) is 0 Å². The van der Waals surface area contributed by atoms with E-state index in [2.05, 4.69) is 45.5 Å². The maximum Gasteiger partial charge on any atom is 0.224 e. The highest BCUT2D eigenvalue weighted by molar-refractivity contribution is 5.80. The van der Waals surface area contributed by atoms with Crippen LogP contribution >= 0.6 is 0 Å². The minimum absolute atomic E-state index is 0.322. The Labute approximate surface area is 129 Å². The molecule has 5 rings (SSSR count). The minimum Gasteiger partial charge on any atom is -0.373 e. The Balaban J connectivity index is 0.000000172. The first-order valence-corrected chi connectivity index (χ1v) is 7.64. The van der Waals surface area contributed by atoms with Gasteiger partial charge in [-0.2, -0.15) is 0 Å². The molecule has 110 valence electrons. The number of terminal acetylenes is 1. The summed E-state index contributed by atoms with van der Waals surface area (Å²) in [6, 6.07) is 10.5. The van der Waals surface area contributed by atoms with E-state index in [-0.39, 0.29) is 0 Å². The van der Waals surface area contributed by atoms with Gasteiger partial charge < -0.3 is 10.1 Å². The molecule has 3 atom stereocenters. The fourth-order valence-corrected chi connectivity index (χ4v) is 3.14. The highest BCUT2D eigenvalue weighted by atomic mass is 16.5. The molecule has 3 unspecified atom stereocenters. The zero-order valence-electron chi connectivity index (χ0n) is 12.2. The lowest BCUT2D eigenvalue weighted by molar-refractivity contribution is 0.102. The molecule has 0 aromatic carbocycles. The average Bonchev–Trinajstić information content (AvgIpc) is 2.95. The molecule has 2 saturated heterocycles. The van der Waals surface area contributed by atoms with E-state index < -0.39 is 0 Å². The number of benzene rings is 1. The van der Waals surface area contributed by atoms with E-state index in [1.54, 1.807) is 12.3 Å². The molecule has 1 aromatic rings. The number of hydrogen-bond acceptors (Lipinski definition) is 4. The van der Waals surface area contributed by atoms with Crippen LogP contribution in [0.15, 0.2) is 36.5 Å². The summed E-state index contributed by atoms with van der Waals surface area (Å²) in [6.07, 6.45) is 11.1. The van der Waals surface area contributed by atoms with Crippen molar-refractivity contribution in [3.63, 3.8) is 0 Å². The quantitative estimate of drug-likeness (QED) is 0.738. The smallest absolute Gasteiger partial charge is 0.224 e. The molecule has 4 nitrogen and oxygen atoms in total. The summed E-state index contributed by atoms with van der Waals surface area (Å²) in [6.45, 7) is 0. The molecule has 0 radical (unpaired) electrons. The third kappa shape index (κ3) is 2.68. The zero-order chi connectivity index (χ0) is 14.9. The Morgan fingerprint density at radius 2 is 2.09 bits per heavy atom. The molecule has 2 fully saturated rings. The molecule has 1 N–H and O–H groups in total. The van der Waals surface area contributed by atoms with E-state index in [9.17, 15) is 0 Å². The van der Waals surface area contributed by atoms with Crippen LogP contribution in [-0.4, -0.2) is 28.2 Å². The van der Waals surface area contributed by atoms with Crippen molar-refractivity contribution in [2.45, 2.75) is 37.5 Å². The van der Waals surface area contributed by atoms with E-state index in [1.165, 1.54) is 17.5 Å². The highest BCUT2D eigenvalue weighted by Crippen LogP contribution is 2.35. The first kappa shape index (κ1) is 13.3. The second-order valence-electron chi connectivity index (χ2n) is 5.85. The zero-order valence-corrected chi connectivity index (χ0v) is 12.2. The van der Waals surface area contributed by atoms with E-state index >= 15 is 0 Å². The van der Waals surface area contributed by atoms with Crippen molar-refractivity contribution in [3.8, 4) is 23.5 Å². The molecular formula is C18H17N3O. The summed E-state index contributed by atoms with van der Waals surface area (Å²) >= 11 is 0. The van der Waals surface area contributed by atoms with Gasteiger partial charge in [0.15, 0.2) is 0 Å². The van der Waals surface area contributed by atoms with Gasteiger partial charge in [-0.15, -0.1) is 6.42 Å². The molecule has 0 spiro atoms. The summed E-state index contributed by atoms with van der Waals surface area (Å²) in [5.74, 6) is 3.11. The lowest BCUT2D eigenvalue weighted by Crippen LogP contribution is -2.31. The molecule has 2 aliphatic carbocycles. The van der Waals surface area contributed by atoms with Crippen molar-refractivity contribution in [2.24, 2.45) is 0 Å². The Morgan fingerprint density at radius 1 is 1.23 bits per heavy atom. The number of fused-ring (bicyclic) bond motifs is 3. The number of hydrogen-bond donors (Lipinski definition) is 1. The lowest BCUT2D eigenvalue weighted by atomic mass is 9.96. The SMILES string of the molecule is C#Cc1ccnc(NC2CC3CCC2O3)n1.c1cc2cc-2c1. The summed E-state index contributed by atoms with van der Waals surface area (Å²) < 4.78 is 5.76. The van der Waals surface area contributed by atoms with Crippen LogP contribution in [0.25, 0.3) is 11.1 Å². The van der Waals surface area contributed by atoms with E-state index in [1.807, 2.05) is 0 Å². The van der Waals surface area contributed by atoms with Crippen LogP contribution < -0.4 is 5.32 Å². The Bertz CT molecular complexity index is 720. The van der Waals surface area contributed by atoms with Gasteiger partial charge in [0.25, 0.3) is 0 Å². The predicted octanol–water partition coefficient (Wildman–Crippen LogP) is 2.86. The third-order valence-electron chi connectivity index (χ3n) is 4.34. The molecule has 2 bridgehead atoms. The van der Waals surface area contributed by atoms with Crippen LogP contribution in [0.5, 0.6) is 0 Å². The van der Waals surface area contributed by atoms with Crippen LogP contribution in [0, 0.1) is 12.3 Å². The van der Waals surface area contributed by atoms with Crippen molar-refractivity contribution < 1.29 is 4.74 Å². The van der Waals surface area contributed by atoms with Crippen molar-refractivity contribution in [1.29, 1.82) is 0 Å². The summed E-state index contributed by atoms with van der Waals surface area (Å²) in [5.41, 5.74) is 3.46. The van der Waals surface area contributed by atoms with E-state index in [4.69, 9.17) is 11.2 Å². The van der Waals surface area contributed by atoms with Crippen molar-refractivity contribution in [2.75, 3.05) is 5.32 Å². The van der Waals surface area contributed by atoms with Crippen LogP contribution in [-0.2, 0) is 4.74 Å². The van der Waals surface area contributed by atoms with Crippen molar-refractivity contribution in [1.82, 2.24) is 9.97 Å². The molecule has 1 aromatic heterocycles. The normalized spacial score (nSPS) is 25.9. The van der Waals surface area contributed by atoms with Gasteiger partial charge in [-0.1, -0.05) is 24.1 Å². The maximum absolute atomic E-state index is 5.76. The first-order chi connectivity index (χ1) is 10.8. The fraction of sp³-hybridized carbons (Fsp3) is 0.333. The Kier molecular flexibility index (Phi) is 3.28. The number of nitrogens with zero attached hydrogens (tertiary/aromatic N) is 2. The maximum atomic E-state index is 5.76. The monoisotopic (exact) mass is 291 g/mol. The molecule has 3 heterocycles. The van der Waals surface area contributed by atoms with Crippen LogP contribution in [0.3, 0.4) is 0 Å². The molecule has 2 aliphatic heterocycles. The van der Waals surface area contributed by atoms with Gasteiger partial charge in [-0.05, 0) is 42.5 Å². The van der Waals surface area contributed by atoms with Crippen LogP contribution in [0.4, 0.5) is 5.95 Å². The van der Waals surface area contributed by atoms with Crippen LogP contribution in [0.1, 0.15) is 25.0 Å². The van der Waals surface area contributed by atoms with Gasteiger partial charge in [0.1, 0.15) is 5.69 Å². The largest absolute Gasteiger partial charge is 0.373 e. The van der Waals surface area contributed by atoms with Gasteiger partial charge >= 0.3 is 0 Å².